The maximum absolute atomic E-state index is 12.4. The van der Waals surface area contributed by atoms with Crippen LogP contribution in [0.5, 0.6) is 0 Å². The first-order chi connectivity index (χ1) is 9.01. The lowest BCUT2D eigenvalue weighted by Crippen LogP contribution is -2.29. The number of carbonyl (C=O) groups is 1. The van der Waals surface area contributed by atoms with Crippen molar-refractivity contribution >= 4 is 37.5 Å². The van der Waals surface area contributed by atoms with Gasteiger partial charge in [0.2, 0.25) is 0 Å². The van der Waals surface area contributed by atoms with Gasteiger partial charge < -0.3 is 0 Å². The minimum atomic E-state index is -3.80. The maximum Gasteiger partial charge on any atom is 0.273 e. The Bertz CT molecular complexity index is 786. The van der Waals surface area contributed by atoms with Crippen LogP contribution in [-0.2, 0) is 10.0 Å². The molecule has 0 unspecified atom stereocenters. The predicted octanol–water partition coefficient (Wildman–Crippen LogP) is 2.80. The van der Waals surface area contributed by atoms with Crippen LogP contribution in [0.15, 0.2) is 57.9 Å². The average Bonchev–Trinajstić information content (AvgIpc) is 2.58. The van der Waals surface area contributed by atoms with E-state index in [1.165, 1.54) is 12.1 Å². The quantitative estimate of drug-likeness (QED) is 0.803. The second-order valence-corrected chi connectivity index (χ2v) is 6.72. The molecular weight excluding hydrogens is 330 g/mol. The summed E-state index contributed by atoms with van der Waals surface area (Å²) in [7, 11) is -3.80. The van der Waals surface area contributed by atoms with Crippen LogP contribution in [0.25, 0.3) is 0 Å². The first kappa shape index (κ1) is 12.4. The van der Waals surface area contributed by atoms with Gasteiger partial charge in [-0.1, -0.05) is 34.1 Å². The zero-order chi connectivity index (χ0) is 13.6. The topological polar surface area (TPSA) is 54.5 Å². The standard InChI is InChI=1S/C13H8BrNO3S/c14-9-4-3-5-10(8-9)15-13(16)11-6-1-2-7-12(11)19(15,17)18/h1-8H. The van der Waals surface area contributed by atoms with Crippen LogP contribution in [0.3, 0.4) is 0 Å². The summed E-state index contributed by atoms with van der Waals surface area (Å²) >= 11 is 3.27. The number of rotatable bonds is 1. The minimum Gasteiger partial charge on any atom is -0.268 e. The Morgan fingerprint density at radius 1 is 1.00 bits per heavy atom. The molecule has 0 fully saturated rings. The highest BCUT2D eigenvalue weighted by molar-refractivity contribution is 9.10. The lowest BCUT2D eigenvalue weighted by molar-refractivity contribution is 0.101. The van der Waals surface area contributed by atoms with E-state index < -0.39 is 15.9 Å². The highest BCUT2D eigenvalue weighted by atomic mass is 79.9. The van der Waals surface area contributed by atoms with Gasteiger partial charge in [0.25, 0.3) is 15.9 Å². The molecule has 0 atom stereocenters. The molecule has 1 amide bonds. The molecule has 2 aromatic carbocycles. The van der Waals surface area contributed by atoms with E-state index in [1.54, 1.807) is 36.4 Å². The summed E-state index contributed by atoms with van der Waals surface area (Å²) in [5.41, 5.74) is 0.540. The van der Waals surface area contributed by atoms with Crippen molar-refractivity contribution in [2.75, 3.05) is 4.31 Å². The molecule has 0 spiro atoms. The Kier molecular flexibility index (Phi) is 2.72. The number of carbonyl (C=O) groups excluding carboxylic acids is 1. The number of benzene rings is 2. The van der Waals surface area contributed by atoms with Crippen molar-refractivity contribution in [2.45, 2.75) is 4.90 Å². The Labute approximate surface area is 118 Å². The molecule has 0 N–H and O–H groups in total. The Balaban J connectivity index is 2.24. The van der Waals surface area contributed by atoms with E-state index in [-0.39, 0.29) is 10.5 Å². The third-order valence-corrected chi connectivity index (χ3v) is 5.13. The maximum atomic E-state index is 12.4. The van der Waals surface area contributed by atoms with Crippen LogP contribution in [0.4, 0.5) is 5.69 Å². The van der Waals surface area contributed by atoms with Gasteiger partial charge in [-0.3, -0.25) is 4.79 Å². The van der Waals surface area contributed by atoms with Crippen molar-refractivity contribution in [3.63, 3.8) is 0 Å². The van der Waals surface area contributed by atoms with E-state index in [0.717, 1.165) is 4.31 Å². The zero-order valence-corrected chi connectivity index (χ0v) is 12.0. The number of halogens is 1. The molecule has 0 saturated heterocycles. The van der Waals surface area contributed by atoms with E-state index in [4.69, 9.17) is 0 Å². The van der Waals surface area contributed by atoms with Crippen molar-refractivity contribution in [1.29, 1.82) is 0 Å². The number of hydrogen-bond donors (Lipinski definition) is 0. The van der Waals surface area contributed by atoms with Crippen LogP contribution < -0.4 is 4.31 Å². The number of fused-ring (bicyclic) bond motifs is 1. The monoisotopic (exact) mass is 337 g/mol. The number of sulfonamides is 1. The summed E-state index contributed by atoms with van der Waals surface area (Å²) in [6, 6.07) is 12.9. The molecule has 96 valence electrons. The molecule has 19 heavy (non-hydrogen) atoms. The van der Waals surface area contributed by atoms with Crippen LogP contribution in [0, 0.1) is 0 Å². The predicted molar refractivity (Wildman–Crippen MR) is 74.6 cm³/mol. The van der Waals surface area contributed by atoms with Gasteiger partial charge in [0, 0.05) is 4.47 Å². The first-order valence-electron chi connectivity index (χ1n) is 5.46. The van der Waals surface area contributed by atoms with Crippen LogP contribution in [-0.4, -0.2) is 14.3 Å². The van der Waals surface area contributed by atoms with Crippen molar-refractivity contribution in [3.05, 3.63) is 58.6 Å². The molecule has 1 aliphatic rings. The average molecular weight is 338 g/mol. The molecule has 6 heteroatoms. The number of hydrogen-bond acceptors (Lipinski definition) is 3. The summed E-state index contributed by atoms with van der Waals surface area (Å²) in [4.78, 5) is 12.3. The van der Waals surface area contributed by atoms with Crippen molar-refractivity contribution in [3.8, 4) is 0 Å². The molecule has 4 nitrogen and oxygen atoms in total. The number of nitrogens with zero attached hydrogens (tertiary/aromatic N) is 1. The largest absolute Gasteiger partial charge is 0.273 e. The van der Waals surface area contributed by atoms with Crippen molar-refractivity contribution < 1.29 is 13.2 Å². The van der Waals surface area contributed by atoms with E-state index in [0.29, 0.717) is 10.2 Å². The Hall–Kier alpha value is -1.66. The molecule has 2 aromatic rings. The van der Waals surface area contributed by atoms with Crippen molar-refractivity contribution in [2.24, 2.45) is 0 Å². The number of anilines is 1. The SMILES string of the molecule is O=C1c2ccccc2S(=O)(=O)N1c1cccc(Br)c1. The zero-order valence-electron chi connectivity index (χ0n) is 9.58. The van der Waals surface area contributed by atoms with Crippen LogP contribution in [0.1, 0.15) is 10.4 Å². The van der Waals surface area contributed by atoms with E-state index in [1.807, 2.05) is 0 Å². The molecule has 0 aliphatic carbocycles. The van der Waals surface area contributed by atoms with E-state index >= 15 is 0 Å². The molecule has 0 bridgehead atoms. The fourth-order valence-corrected chi connectivity index (χ4v) is 4.02. The Morgan fingerprint density at radius 2 is 1.74 bits per heavy atom. The van der Waals surface area contributed by atoms with Gasteiger partial charge in [-0.15, -0.1) is 0 Å². The molecule has 0 radical (unpaired) electrons. The normalized spacial score (nSPS) is 16.5. The van der Waals surface area contributed by atoms with Gasteiger partial charge in [0.15, 0.2) is 0 Å². The highest BCUT2D eigenvalue weighted by Gasteiger charge is 2.41. The first-order valence-corrected chi connectivity index (χ1v) is 7.69. The second kappa shape index (κ2) is 4.18. The lowest BCUT2D eigenvalue weighted by atomic mass is 10.2. The third kappa shape index (κ3) is 1.79. The molecule has 3 rings (SSSR count). The van der Waals surface area contributed by atoms with Gasteiger partial charge in [-0.05, 0) is 30.3 Å². The van der Waals surface area contributed by atoms with Crippen LogP contribution >= 0.6 is 15.9 Å². The Morgan fingerprint density at radius 3 is 2.42 bits per heavy atom. The molecule has 1 heterocycles. The third-order valence-electron chi connectivity index (χ3n) is 2.86. The summed E-state index contributed by atoms with van der Waals surface area (Å²) in [6.45, 7) is 0. The van der Waals surface area contributed by atoms with Gasteiger partial charge in [-0.25, -0.2) is 8.42 Å². The van der Waals surface area contributed by atoms with Crippen LogP contribution in [0.2, 0.25) is 0 Å². The van der Waals surface area contributed by atoms with Gasteiger partial charge >= 0.3 is 0 Å². The summed E-state index contributed by atoms with van der Waals surface area (Å²) in [6.07, 6.45) is 0. The summed E-state index contributed by atoms with van der Waals surface area (Å²) in [5, 5.41) is 0. The lowest BCUT2D eigenvalue weighted by Gasteiger charge is -2.15. The van der Waals surface area contributed by atoms with Gasteiger partial charge in [0.05, 0.1) is 11.3 Å². The van der Waals surface area contributed by atoms with Gasteiger partial charge in [0.1, 0.15) is 4.90 Å². The minimum absolute atomic E-state index is 0.0555. The molecular formula is C13H8BrNO3S. The van der Waals surface area contributed by atoms with E-state index in [2.05, 4.69) is 15.9 Å². The van der Waals surface area contributed by atoms with Crippen molar-refractivity contribution in [1.82, 2.24) is 0 Å². The summed E-state index contributed by atoms with van der Waals surface area (Å²) < 4.78 is 26.3. The van der Waals surface area contributed by atoms with E-state index in [9.17, 15) is 13.2 Å². The second-order valence-electron chi connectivity index (χ2n) is 4.05. The highest BCUT2D eigenvalue weighted by Crippen LogP contribution is 2.35. The number of amides is 1. The fraction of sp³-hybridized carbons (Fsp3) is 0. The van der Waals surface area contributed by atoms with Gasteiger partial charge in [-0.2, -0.15) is 4.31 Å². The summed E-state index contributed by atoms with van der Waals surface area (Å²) in [5.74, 6) is -0.520. The molecule has 1 aliphatic heterocycles. The fourth-order valence-electron chi connectivity index (χ4n) is 2.04. The molecule has 0 aromatic heterocycles. The molecule has 0 saturated carbocycles. The smallest absolute Gasteiger partial charge is 0.268 e.